The molecule has 0 bridgehead atoms. The molecule has 0 aromatic heterocycles. The van der Waals surface area contributed by atoms with Crippen LogP contribution in [0.1, 0.15) is 16.7 Å². The first-order valence-electron chi connectivity index (χ1n) is 14.0. The van der Waals surface area contributed by atoms with Crippen LogP contribution in [0.15, 0.2) is 72.8 Å². The molecule has 15 nitrogen and oxygen atoms in total. The average Bonchev–Trinajstić information content (AvgIpc) is 3.05. The van der Waals surface area contributed by atoms with Gasteiger partial charge >= 0.3 is 17.9 Å². The monoisotopic (exact) mass is 666 g/mol. The SMILES string of the molecule is O=C(/C=C/c1ccc(O)c(O)c1)O[C@@H]1O[C@H](CO)[C@@H](OC(=O)/C=C/c2ccc(O)c(O)c2)[C@H](OC(=O)/C=C/c2ccc(O)c(O)c2)[C@H]1O. The minimum Gasteiger partial charge on any atom is -0.504 e. The van der Waals surface area contributed by atoms with Gasteiger partial charge in [0.25, 0.3) is 0 Å². The zero-order chi connectivity index (χ0) is 35.0. The highest BCUT2D eigenvalue weighted by atomic mass is 16.7. The molecule has 15 heteroatoms. The van der Waals surface area contributed by atoms with Crippen LogP contribution >= 0.6 is 0 Å². The molecule has 5 atom stereocenters. The minimum absolute atomic E-state index is 0.275. The lowest BCUT2D eigenvalue weighted by Gasteiger charge is -2.42. The Bertz CT molecular complexity index is 1740. The highest BCUT2D eigenvalue weighted by Gasteiger charge is 2.50. The van der Waals surface area contributed by atoms with Gasteiger partial charge in [-0.1, -0.05) is 18.2 Å². The number of phenols is 6. The molecular weight excluding hydrogens is 636 g/mol. The molecule has 0 aliphatic carbocycles. The van der Waals surface area contributed by atoms with Crippen molar-refractivity contribution in [1.29, 1.82) is 0 Å². The molecule has 0 amide bonds. The zero-order valence-electron chi connectivity index (χ0n) is 24.7. The van der Waals surface area contributed by atoms with Crippen LogP contribution in [0, 0.1) is 0 Å². The number of rotatable bonds is 10. The van der Waals surface area contributed by atoms with Gasteiger partial charge in [-0.05, 0) is 71.3 Å². The van der Waals surface area contributed by atoms with Crippen LogP contribution in [0.2, 0.25) is 0 Å². The van der Waals surface area contributed by atoms with Gasteiger partial charge in [0.1, 0.15) is 6.10 Å². The Morgan fingerprint density at radius 3 is 1.33 bits per heavy atom. The summed E-state index contributed by atoms with van der Waals surface area (Å²) < 4.78 is 21.4. The quantitative estimate of drug-likeness (QED) is 0.0665. The Morgan fingerprint density at radius 1 is 0.583 bits per heavy atom. The third kappa shape index (κ3) is 9.03. The number of carbonyl (C=O) groups excluding carboxylic acids is 3. The lowest BCUT2D eigenvalue weighted by Crippen LogP contribution is -2.61. The van der Waals surface area contributed by atoms with Crippen LogP contribution in [0.25, 0.3) is 18.2 Å². The van der Waals surface area contributed by atoms with Gasteiger partial charge in [-0.25, -0.2) is 14.4 Å². The number of benzene rings is 3. The molecule has 3 aromatic rings. The van der Waals surface area contributed by atoms with Crippen molar-refractivity contribution in [3.63, 3.8) is 0 Å². The second-order valence-corrected chi connectivity index (χ2v) is 10.2. The van der Waals surface area contributed by atoms with Gasteiger partial charge < -0.3 is 59.8 Å². The summed E-state index contributed by atoms with van der Waals surface area (Å²) in [4.78, 5) is 38.2. The molecule has 0 unspecified atom stereocenters. The molecule has 3 aromatic carbocycles. The van der Waals surface area contributed by atoms with E-state index in [0.717, 1.165) is 36.4 Å². The summed E-state index contributed by atoms with van der Waals surface area (Å²) in [5.74, 6) is -5.75. The topological polar surface area (TPSA) is 250 Å². The Labute approximate surface area is 271 Å². The minimum atomic E-state index is -1.98. The van der Waals surface area contributed by atoms with Crippen molar-refractivity contribution in [1.82, 2.24) is 0 Å². The van der Waals surface area contributed by atoms with Crippen molar-refractivity contribution in [2.24, 2.45) is 0 Å². The average molecular weight is 667 g/mol. The van der Waals surface area contributed by atoms with Crippen LogP contribution in [0.5, 0.6) is 34.5 Å². The van der Waals surface area contributed by atoms with Crippen molar-refractivity contribution in [2.75, 3.05) is 6.61 Å². The molecule has 1 fully saturated rings. The highest BCUT2D eigenvalue weighted by molar-refractivity contribution is 5.89. The fourth-order valence-electron chi connectivity index (χ4n) is 4.34. The lowest BCUT2D eigenvalue weighted by molar-refractivity contribution is -0.295. The van der Waals surface area contributed by atoms with Crippen molar-refractivity contribution in [3.05, 3.63) is 89.5 Å². The first-order valence-corrected chi connectivity index (χ1v) is 14.0. The molecule has 4 rings (SSSR count). The third-order valence-corrected chi connectivity index (χ3v) is 6.77. The van der Waals surface area contributed by atoms with E-state index in [1.807, 2.05) is 0 Å². The summed E-state index contributed by atoms with van der Waals surface area (Å²) in [6.07, 6.45) is -2.41. The molecule has 0 spiro atoms. The van der Waals surface area contributed by atoms with Gasteiger partial charge in [0.05, 0.1) is 6.61 Å². The fourth-order valence-corrected chi connectivity index (χ4v) is 4.34. The van der Waals surface area contributed by atoms with Crippen molar-refractivity contribution >= 4 is 36.1 Å². The molecule has 1 aliphatic rings. The van der Waals surface area contributed by atoms with Crippen LogP contribution in [-0.2, 0) is 33.3 Å². The zero-order valence-corrected chi connectivity index (χ0v) is 24.7. The van der Waals surface area contributed by atoms with Crippen LogP contribution < -0.4 is 0 Å². The number of phenolic OH excluding ortho intramolecular Hbond substituents is 6. The van der Waals surface area contributed by atoms with Crippen LogP contribution in [0.4, 0.5) is 0 Å². The van der Waals surface area contributed by atoms with E-state index >= 15 is 0 Å². The summed E-state index contributed by atoms with van der Waals surface area (Å²) in [5, 5.41) is 78.6. The maximum absolute atomic E-state index is 12.8. The first-order chi connectivity index (χ1) is 22.8. The molecular formula is C33H30O15. The van der Waals surface area contributed by atoms with E-state index in [0.29, 0.717) is 5.56 Å². The molecule has 1 aliphatic heterocycles. The van der Waals surface area contributed by atoms with E-state index in [1.165, 1.54) is 54.6 Å². The van der Waals surface area contributed by atoms with E-state index in [1.54, 1.807) is 0 Å². The van der Waals surface area contributed by atoms with E-state index in [9.17, 15) is 55.2 Å². The second kappa shape index (κ2) is 15.5. The molecule has 1 saturated heterocycles. The van der Waals surface area contributed by atoms with Gasteiger partial charge in [-0.15, -0.1) is 0 Å². The molecule has 252 valence electrons. The van der Waals surface area contributed by atoms with Crippen LogP contribution in [-0.4, -0.2) is 96.1 Å². The lowest BCUT2D eigenvalue weighted by atomic mass is 9.98. The summed E-state index contributed by atoms with van der Waals surface area (Å²) in [6.45, 7) is -0.867. The number of carbonyl (C=O) groups is 3. The summed E-state index contributed by atoms with van der Waals surface area (Å²) >= 11 is 0. The summed E-state index contributed by atoms with van der Waals surface area (Å²) in [6, 6.07) is 11.1. The van der Waals surface area contributed by atoms with Gasteiger partial charge in [0, 0.05) is 18.2 Å². The number of aliphatic hydroxyl groups is 2. The van der Waals surface area contributed by atoms with E-state index in [-0.39, 0.29) is 22.6 Å². The third-order valence-electron chi connectivity index (χ3n) is 6.77. The number of hydrogen-bond donors (Lipinski definition) is 8. The van der Waals surface area contributed by atoms with E-state index in [4.69, 9.17) is 18.9 Å². The van der Waals surface area contributed by atoms with Gasteiger partial charge in [-0.2, -0.15) is 0 Å². The Hall–Kier alpha value is -6.03. The standard InChI is InChI=1S/C33H30O15/c34-16-26-31(46-27(41)10-4-17-1-7-20(35)23(38)13-17)32(47-28(42)11-5-18-2-8-21(36)24(39)14-18)30(44)33(45-26)48-29(43)12-6-19-3-9-22(37)25(40)15-19/h1-15,26,30-40,44H,16H2/b10-4+,11-5+,12-6+/t26-,30-,31-,32-,33+/m1/s1. The fraction of sp³-hybridized carbons (Fsp3) is 0.182. The van der Waals surface area contributed by atoms with Crippen LogP contribution in [0.3, 0.4) is 0 Å². The second-order valence-electron chi connectivity index (χ2n) is 10.2. The number of esters is 3. The molecule has 0 saturated carbocycles. The van der Waals surface area contributed by atoms with Crippen molar-refractivity contribution < 1.29 is 74.2 Å². The normalized spacial score (nSPS) is 21.0. The predicted octanol–water partition coefficient (Wildman–Crippen LogP) is 1.81. The first kappa shape index (κ1) is 34.8. The van der Waals surface area contributed by atoms with Crippen molar-refractivity contribution in [2.45, 2.75) is 30.7 Å². The Kier molecular flexibility index (Phi) is 11.3. The van der Waals surface area contributed by atoms with E-state index in [2.05, 4.69) is 0 Å². The number of aliphatic hydroxyl groups excluding tert-OH is 2. The number of ether oxygens (including phenoxy) is 4. The molecule has 0 radical (unpaired) electrons. The maximum Gasteiger partial charge on any atom is 0.333 e. The molecule has 1 heterocycles. The Balaban J connectivity index is 1.54. The number of hydrogen-bond acceptors (Lipinski definition) is 15. The van der Waals surface area contributed by atoms with Gasteiger partial charge in [-0.3, -0.25) is 0 Å². The maximum atomic E-state index is 12.8. The highest BCUT2D eigenvalue weighted by Crippen LogP contribution is 2.30. The predicted molar refractivity (Wildman–Crippen MR) is 164 cm³/mol. The van der Waals surface area contributed by atoms with Crippen molar-refractivity contribution in [3.8, 4) is 34.5 Å². The Morgan fingerprint density at radius 2 is 0.958 bits per heavy atom. The van der Waals surface area contributed by atoms with Gasteiger partial charge in [0.2, 0.25) is 6.29 Å². The van der Waals surface area contributed by atoms with E-state index < -0.39 is 78.2 Å². The summed E-state index contributed by atoms with van der Waals surface area (Å²) in [7, 11) is 0. The largest absolute Gasteiger partial charge is 0.504 e. The van der Waals surface area contributed by atoms with Gasteiger partial charge in [0.15, 0.2) is 52.8 Å². The smallest absolute Gasteiger partial charge is 0.333 e. The number of aromatic hydroxyl groups is 6. The summed E-state index contributed by atoms with van der Waals surface area (Å²) in [5.41, 5.74) is 0.859. The molecule has 8 N–H and O–H groups in total. The molecule has 48 heavy (non-hydrogen) atoms.